The van der Waals surface area contributed by atoms with Gasteiger partial charge in [0.15, 0.2) is 0 Å². The number of carbonyl (C=O) groups excluding carboxylic acids is 1. The summed E-state index contributed by atoms with van der Waals surface area (Å²) in [6.45, 7) is 1.80. The number of hydrogen-bond donors (Lipinski definition) is 3. The lowest BCUT2D eigenvalue weighted by Crippen LogP contribution is -2.23. The van der Waals surface area contributed by atoms with E-state index in [4.69, 9.17) is 4.74 Å². The van der Waals surface area contributed by atoms with Gasteiger partial charge in [-0.3, -0.25) is 4.79 Å². The summed E-state index contributed by atoms with van der Waals surface area (Å²) in [5.74, 6) is 0.448. The van der Waals surface area contributed by atoms with E-state index in [0.717, 1.165) is 11.1 Å². The number of methoxy groups -OCH3 is 1. The minimum Gasteiger partial charge on any atom is -0.508 e. The van der Waals surface area contributed by atoms with Crippen LogP contribution in [0.5, 0.6) is 17.2 Å². The fraction of sp³-hybridized carbons (Fsp3) is 0.235. The van der Waals surface area contributed by atoms with Gasteiger partial charge in [0, 0.05) is 29.7 Å². The molecule has 2 aromatic carbocycles. The molecule has 0 aromatic heterocycles. The van der Waals surface area contributed by atoms with Gasteiger partial charge in [-0.1, -0.05) is 0 Å². The molecule has 1 amide bonds. The second kappa shape index (κ2) is 5.26. The van der Waals surface area contributed by atoms with Gasteiger partial charge in [-0.25, -0.2) is 0 Å². The molecule has 0 aliphatic carbocycles. The predicted octanol–water partition coefficient (Wildman–Crippen LogP) is 2.89. The predicted molar refractivity (Wildman–Crippen MR) is 82.6 cm³/mol. The van der Waals surface area contributed by atoms with Gasteiger partial charge < -0.3 is 20.3 Å². The van der Waals surface area contributed by atoms with Crippen molar-refractivity contribution in [3.8, 4) is 17.2 Å². The van der Waals surface area contributed by atoms with E-state index < -0.39 is 0 Å². The molecule has 1 unspecified atom stereocenters. The van der Waals surface area contributed by atoms with Crippen LogP contribution in [0.25, 0.3) is 0 Å². The Labute approximate surface area is 128 Å². The molecule has 0 bridgehead atoms. The summed E-state index contributed by atoms with van der Waals surface area (Å²) in [4.78, 5) is 12.0. The third-order valence-electron chi connectivity index (χ3n) is 4.02. The molecule has 0 fully saturated rings. The zero-order valence-electron chi connectivity index (χ0n) is 12.4. The molecule has 5 nitrogen and oxygen atoms in total. The number of benzene rings is 2. The lowest BCUT2D eigenvalue weighted by molar-refractivity contribution is -0.116. The monoisotopic (exact) mass is 299 g/mol. The number of aryl methyl sites for hydroxylation is 1. The van der Waals surface area contributed by atoms with Gasteiger partial charge in [0.25, 0.3) is 0 Å². The second-order valence-corrected chi connectivity index (χ2v) is 5.46. The van der Waals surface area contributed by atoms with Crippen molar-refractivity contribution in [3.63, 3.8) is 0 Å². The molecule has 1 aliphatic rings. The number of phenolic OH excluding ortho intramolecular Hbond substituents is 2. The van der Waals surface area contributed by atoms with E-state index in [1.807, 2.05) is 6.07 Å². The number of fused-ring (bicyclic) bond motifs is 1. The fourth-order valence-corrected chi connectivity index (χ4v) is 2.83. The van der Waals surface area contributed by atoms with E-state index in [0.29, 0.717) is 17.0 Å². The maximum atomic E-state index is 12.0. The summed E-state index contributed by atoms with van der Waals surface area (Å²) < 4.78 is 5.21. The number of aromatic hydroxyl groups is 2. The fourth-order valence-electron chi connectivity index (χ4n) is 2.83. The van der Waals surface area contributed by atoms with Gasteiger partial charge >= 0.3 is 0 Å². The number of hydrogen-bond acceptors (Lipinski definition) is 4. The lowest BCUT2D eigenvalue weighted by atomic mass is 9.83. The van der Waals surface area contributed by atoms with Crippen molar-refractivity contribution in [1.82, 2.24) is 0 Å². The quantitative estimate of drug-likeness (QED) is 0.796. The van der Waals surface area contributed by atoms with Gasteiger partial charge in [-0.2, -0.15) is 0 Å². The largest absolute Gasteiger partial charge is 0.508 e. The summed E-state index contributed by atoms with van der Waals surface area (Å²) in [6, 6.07) is 8.36. The van der Waals surface area contributed by atoms with Crippen molar-refractivity contribution >= 4 is 11.6 Å². The Bertz CT molecular complexity index is 755. The minimum absolute atomic E-state index is 0.122. The third-order valence-corrected chi connectivity index (χ3v) is 4.02. The van der Waals surface area contributed by atoms with Crippen LogP contribution in [-0.4, -0.2) is 23.2 Å². The number of amides is 1. The summed E-state index contributed by atoms with van der Waals surface area (Å²) in [5, 5.41) is 22.8. The van der Waals surface area contributed by atoms with Crippen LogP contribution in [0.4, 0.5) is 5.69 Å². The Kier molecular flexibility index (Phi) is 3.41. The van der Waals surface area contributed by atoms with Gasteiger partial charge in [-0.15, -0.1) is 0 Å². The number of carbonyl (C=O) groups is 1. The second-order valence-electron chi connectivity index (χ2n) is 5.46. The van der Waals surface area contributed by atoms with Crippen LogP contribution >= 0.6 is 0 Å². The molecular weight excluding hydrogens is 282 g/mol. The molecule has 0 spiro atoms. The van der Waals surface area contributed by atoms with Crippen molar-refractivity contribution in [1.29, 1.82) is 0 Å². The normalized spacial score (nSPS) is 16.8. The molecule has 1 aliphatic heterocycles. The maximum absolute atomic E-state index is 12.0. The Hall–Kier alpha value is -2.69. The average Bonchev–Trinajstić information content (AvgIpc) is 2.49. The first-order chi connectivity index (χ1) is 10.5. The van der Waals surface area contributed by atoms with E-state index in [2.05, 4.69) is 5.32 Å². The van der Waals surface area contributed by atoms with Crippen molar-refractivity contribution < 1.29 is 19.7 Å². The molecule has 0 saturated carbocycles. The number of phenols is 2. The summed E-state index contributed by atoms with van der Waals surface area (Å²) in [5.41, 5.74) is 2.81. The van der Waals surface area contributed by atoms with E-state index in [-0.39, 0.29) is 29.7 Å². The standard InChI is InChI=1S/C17H17NO4/c1-9-5-12-11(7-17(21)18-14(12)8-16(9)20)13-6-10(22-2)3-4-15(13)19/h3-6,8,11,19-20H,7H2,1-2H3,(H,18,21). The van der Waals surface area contributed by atoms with Crippen LogP contribution in [0.1, 0.15) is 29.0 Å². The van der Waals surface area contributed by atoms with Crippen molar-refractivity contribution in [3.05, 3.63) is 47.0 Å². The molecule has 5 heteroatoms. The average molecular weight is 299 g/mol. The molecule has 0 radical (unpaired) electrons. The van der Waals surface area contributed by atoms with Gasteiger partial charge in [0.05, 0.1) is 7.11 Å². The topological polar surface area (TPSA) is 78.8 Å². The van der Waals surface area contributed by atoms with Crippen LogP contribution in [-0.2, 0) is 4.79 Å². The third kappa shape index (κ3) is 2.35. The molecule has 3 rings (SSSR count). The van der Waals surface area contributed by atoms with Crippen LogP contribution < -0.4 is 10.1 Å². The Morgan fingerprint density at radius 1 is 1.14 bits per heavy atom. The molecular formula is C17H17NO4. The lowest BCUT2D eigenvalue weighted by Gasteiger charge is -2.27. The zero-order valence-corrected chi connectivity index (χ0v) is 12.4. The highest BCUT2D eigenvalue weighted by Crippen LogP contribution is 2.43. The number of nitrogens with one attached hydrogen (secondary N) is 1. The van der Waals surface area contributed by atoms with Crippen LogP contribution in [0, 0.1) is 6.92 Å². The van der Waals surface area contributed by atoms with Crippen molar-refractivity contribution in [2.24, 2.45) is 0 Å². The highest BCUT2D eigenvalue weighted by Gasteiger charge is 2.29. The van der Waals surface area contributed by atoms with Crippen LogP contribution in [0.2, 0.25) is 0 Å². The first-order valence-electron chi connectivity index (χ1n) is 7.00. The van der Waals surface area contributed by atoms with E-state index in [1.165, 1.54) is 0 Å². The van der Waals surface area contributed by atoms with E-state index in [9.17, 15) is 15.0 Å². The highest BCUT2D eigenvalue weighted by molar-refractivity contribution is 5.96. The smallest absolute Gasteiger partial charge is 0.225 e. The van der Waals surface area contributed by atoms with Gasteiger partial charge in [0.1, 0.15) is 17.2 Å². The van der Waals surface area contributed by atoms with Gasteiger partial charge in [0.2, 0.25) is 5.91 Å². The number of ether oxygens (including phenoxy) is 1. The Balaban J connectivity index is 2.17. The number of anilines is 1. The van der Waals surface area contributed by atoms with Gasteiger partial charge in [-0.05, 0) is 42.3 Å². The van der Waals surface area contributed by atoms with E-state index in [1.54, 1.807) is 38.3 Å². The summed E-state index contributed by atoms with van der Waals surface area (Å²) >= 11 is 0. The molecule has 2 aromatic rings. The van der Waals surface area contributed by atoms with E-state index >= 15 is 0 Å². The number of rotatable bonds is 2. The maximum Gasteiger partial charge on any atom is 0.225 e. The highest BCUT2D eigenvalue weighted by atomic mass is 16.5. The van der Waals surface area contributed by atoms with Crippen LogP contribution in [0.3, 0.4) is 0 Å². The molecule has 1 heterocycles. The summed E-state index contributed by atoms with van der Waals surface area (Å²) in [7, 11) is 1.56. The van der Waals surface area contributed by atoms with Crippen molar-refractivity contribution in [2.75, 3.05) is 12.4 Å². The minimum atomic E-state index is -0.279. The SMILES string of the molecule is COc1ccc(O)c(C2CC(=O)Nc3cc(O)c(C)cc32)c1. The molecule has 114 valence electrons. The molecule has 1 atom stereocenters. The first-order valence-corrected chi connectivity index (χ1v) is 7.00. The molecule has 22 heavy (non-hydrogen) atoms. The Morgan fingerprint density at radius 2 is 1.91 bits per heavy atom. The molecule has 3 N–H and O–H groups in total. The summed E-state index contributed by atoms with van der Waals surface area (Å²) in [6.07, 6.45) is 0.234. The zero-order chi connectivity index (χ0) is 15.9. The van der Waals surface area contributed by atoms with Crippen LogP contribution in [0.15, 0.2) is 30.3 Å². The first kappa shape index (κ1) is 14.3. The van der Waals surface area contributed by atoms with Crippen molar-refractivity contribution in [2.45, 2.75) is 19.3 Å². The Morgan fingerprint density at radius 3 is 2.64 bits per heavy atom. The molecule has 0 saturated heterocycles.